The van der Waals surface area contributed by atoms with E-state index in [4.69, 9.17) is 9.72 Å². The Bertz CT molecular complexity index is 4050. The first-order chi connectivity index (χ1) is 38.4. The molecule has 0 fully saturated rings. The summed E-state index contributed by atoms with van der Waals surface area (Å²) >= 11 is 0. The lowest BCUT2D eigenvalue weighted by Crippen LogP contribution is -2.59. The number of hydrogen-bond acceptors (Lipinski definition) is 2. The summed E-state index contributed by atoms with van der Waals surface area (Å²) in [6.45, 7) is 32.4. The van der Waals surface area contributed by atoms with Gasteiger partial charge in [-0.2, -0.15) is 0 Å². The van der Waals surface area contributed by atoms with Crippen molar-refractivity contribution in [3.8, 4) is 50.9 Å². The zero-order valence-electron chi connectivity index (χ0n) is 50.3. The van der Waals surface area contributed by atoms with Crippen LogP contribution in [0.5, 0.6) is 11.5 Å². The molecule has 0 radical (unpaired) electrons. The van der Waals surface area contributed by atoms with Crippen molar-refractivity contribution in [1.29, 1.82) is 0 Å². The van der Waals surface area contributed by atoms with Crippen LogP contribution in [0.25, 0.3) is 72.3 Å². The highest BCUT2D eigenvalue weighted by atomic mass is 28.3. The van der Waals surface area contributed by atoms with Gasteiger partial charge in [-0.25, -0.2) is 4.98 Å². The molecule has 0 aliphatic carbocycles. The zero-order chi connectivity index (χ0) is 56.4. The number of imidazole rings is 1. The van der Waals surface area contributed by atoms with Gasteiger partial charge in [0.2, 0.25) is 0 Å². The first-order valence-electron chi connectivity index (χ1n) is 30.2. The lowest BCUT2D eigenvalue weighted by molar-refractivity contribution is -0.571. The molecule has 7 heterocycles. The number of benzene rings is 7. The molecule has 0 N–H and O–H groups in total. The lowest BCUT2D eigenvalue weighted by Gasteiger charge is -2.50. The molecule has 0 unspecified atom stereocenters. The first kappa shape index (κ1) is 52.3. The number of hydrogen-bond donors (Lipinski definition) is 0. The summed E-state index contributed by atoms with van der Waals surface area (Å²) in [5.74, 6) is 2.43. The van der Waals surface area contributed by atoms with Gasteiger partial charge in [0.15, 0.2) is 0 Å². The Labute approximate surface area is 483 Å². The van der Waals surface area contributed by atoms with E-state index in [2.05, 4.69) is 255 Å². The van der Waals surface area contributed by atoms with Gasteiger partial charge in [-0.05, 0) is 151 Å². The average molecular weight is 1100 g/mol. The van der Waals surface area contributed by atoms with Gasteiger partial charge >= 0.3 is 0 Å². The van der Waals surface area contributed by atoms with E-state index in [9.17, 15) is 0 Å². The maximum Gasteiger partial charge on any atom is 0.269 e. The molecule has 0 atom stereocenters. The quantitative estimate of drug-likeness (QED) is 0.0906. The van der Waals surface area contributed by atoms with E-state index in [1.807, 2.05) is 6.20 Å². The number of ether oxygens (including phenoxy) is 1. The molecule has 7 heteroatoms. The van der Waals surface area contributed by atoms with Gasteiger partial charge in [0.1, 0.15) is 17.3 Å². The smallest absolute Gasteiger partial charge is 0.269 e. The molecule has 7 aromatic carbocycles. The fourth-order valence-electron chi connectivity index (χ4n) is 15.4. The minimum absolute atomic E-state index is 0.0190. The number of para-hydroxylation sites is 4. The molecular formula is C74H80N4OSi2. The van der Waals surface area contributed by atoms with Crippen LogP contribution in [0.2, 0.25) is 37.3 Å². The van der Waals surface area contributed by atoms with E-state index in [0.29, 0.717) is 0 Å². The zero-order valence-corrected chi connectivity index (χ0v) is 52.3. The van der Waals surface area contributed by atoms with Crippen LogP contribution >= 0.6 is 0 Å². The Morgan fingerprint density at radius 1 is 0.519 bits per heavy atom. The second-order valence-corrected chi connectivity index (χ2v) is 38.5. The van der Waals surface area contributed by atoms with Gasteiger partial charge in [-0.15, -0.1) is 0 Å². The van der Waals surface area contributed by atoms with Gasteiger partial charge in [-0.1, -0.05) is 215 Å². The molecular weight excluding hydrogens is 1020 g/mol. The van der Waals surface area contributed by atoms with E-state index >= 15 is 0 Å². The number of rotatable bonds is 7. The minimum atomic E-state index is -1.66. The Balaban J connectivity index is 0.959. The highest BCUT2D eigenvalue weighted by Crippen LogP contribution is 2.51. The van der Waals surface area contributed by atoms with Crippen LogP contribution in [0.15, 0.2) is 152 Å². The highest BCUT2D eigenvalue weighted by Gasteiger charge is 2.50. The van der Waals surface area contributed by atoms with Crippen LogP contribution in [-0.4, -0.2) is 30.3 Å². The summed E-state index contributed by atoms with van der Waals surface area (Å²) in [4.78, 5) is 4.95. The second-order valence-electron chi connectivity index (χ2n) is 29.3. The average Bonchev–Trinajstić information content (AvgIpc) is 3.70. The Hall–Kier alpha value is -6.81. The van der Waals surface area contributed by atoms with Crippen LogP contribution < -0.4 is 19.7 Å². The fourth-order valence-corrected chi connectivity index (χ4v) is 25.9. The van der Waals surface area contributed by atoms with Crippen molar-refractivity contribution in [2.75, 3.05) is 0 Å². The van der Waals surface area contributed by atoms with Gasteiger partial charge in [0, 0.05) is 23.0 Å². The summed E-state index contributed by atoms with van der Waals surface area (Å²) in [7, 11) is -3.32. The monoisotopic (exact) mass is 1100 g/mol. The van der Waals surface area contributed by atoms with E-state index < -0.39 is 16.1 Å². The van der Waals surface area contributed by atoms with Crippen molar-refractivity contribution in [2.45, 2.75) is 166 Å². The minimum Gasteiger partial charge on any atom is -0.458 e. The number of aromatic nitrogens is 4. The van der Waals surface area contributed by atoms with Gasteiger partial charge in [0.05, 0.1) is 49.6 Å². The largest absolute Gasteiger partial charge is 0.458 e. The molecule has 3 aromatic heterocycles. The molecule has 5 nitrogen and oxygen atoms in total. The molecule has 0 saturated heterocycles. The van der Waals surface area contributed by atoms with Crippen LogP contribution in [0.1, 0.15) is 130 Å². The maximum absolute atomic E-state index is 6.95. The predicted octanol–water partition coefficient (Wildman–Crippen LogP) is 17.9. The molecule has 4 aliphatic rings. The number of fused-ring (bicyclic) bond motifs is 4. The molecule has 410 valence electrons. The molecule has 81 heavy (non-hydrogen) atoms. The van der Waals surface area contributed by atoms with Gasteiger partial charge < -0.3 is 4.74 Å². The van der Waals surface area contributed by atoms with E-state index in [1.165, 1.54) is 88.8 Å². The molecule has 0 bridgehead atoms. The van der Waals surface area contributed by atoms with Crippen LogP contribution in [0.4, 0.5) is 0 Å². The van der Waals surface area contributed by atoms with E-state index in [1.54, 1.807) is 32.6 Å². The Morgan fingerprint density at radius 2 is 1.02 bits per heavy atom. The lowest BCUT2D eigenvalue weighted by atomic mass is 9.73. The van der Waals surface area contributed by atoms with Crippen LogP contribution in [-0.2, 0) is 27.1 Å². The normalized spacial score (nSPS) is 18.9. The van der Waals surface area contributed by atoms with Crippen molar-refractivity contribution < 1.29 is 9.30 Å². The van der Waals surface area contributed by atoms with Crippen molar-refractivity contribution >= 4 is 59.4 Å². The summed E-state index contributed by atoms with van der Waals surface area (Å²) in [6, 6.07) is 60.3. The van der Waals surface area contributed by atoms with Crippen LogP contribution in [0, 0.1) is 6.33 Å². The Morgan fingerprint density at radius 3 is 1.59 bits per heavy atom. The van der Waals surface area contributed by atoms with Crippen molar-refractivity contribution in [1.82, 2.24) is 14.1 Å². The van der Waals surface area contributed by atoms with Crippen molar-refractivity contribution in [3.63, 3.8) is 0 Å². The van der Waals surface area contributed by atoms with Crippen molar-refractivity contribution in [2.24, 2.45) is 0 Å². The predicted molar refractivity (Wildman–Crippen MR) is 344 cm³/mol. The molecule has 0 spiro atoms. The molecule has 0 amide bonds. The summed E-state index contributed by atoms with van der Waals surface area (Å²) in [6.07, 6.45) is 11.1. The molecule has 14 rings (SSSR count). The third-order valence-corrected chi connectivity index (χ3v) is 29.8. The first-order valence-corrected chi connectivity index (χ1v) is 36.0. The molecule has 0 saturated carbocycles. The SMILES string of the molecule is CC(C)(C)c1ccnc(-n2c3ccccc3c3ccc(Oc4cccc(-n5[c-][n+](-c6c(-c7cc8c9c(c7)C(C)(C)CC[Si]9(C)CCC8(C)C)cccc6-c6cc7c8c(c6)C(C)(C)CC[Si]8(C)CCC7(C)C)c6ccccc65)c4)cc32)c1. The van der Waals surface area contributed by atoms with Gasteiger partial charge in [-0.3, -0.25) is 13.7 Å². The summed E-state index contributed by atoms with van der Waals surface area (Å²) < 4.78 is 13.9. The van der Waals surface area contributed by atoms with Crippen molar-refractivity contribution in [3.05, 3.63) is 186 Å². The Kier molecular flexibility index (Phi) is 11.5. The third kappa shape index (κ3) is 8.24. The fraction of sp³-hybridized carbons (Fsp3) is 0.351. The van der Waals surface area contributed by atoms with Crippen LogP contribution in [0.3, 0.4) is 0 Å². The standard InChI is InChI=1S/C74H80N4OSi2/c1-70(2,3)50-30-35-75-66(44-50)78-62-25-15-14-22-56(62)57-29-28-53(46-65(57)78)79-52-21-18-20-51(45-52)76-47-77(64-27-17-16-26-63(64)76)67-54(48-40-58-68-59(41-48)72(6,7)32-37-80(68,12)36-31-71(58,4)5)23-19-24-55(67)49-42-60-69-61(43-49)74(10,11)34-39-81(69,13)38-33-73(60,8)9/h14-30,35,40-46H,31-34,36-39H2,1-13H3. The van der Waals surface area contributed by atoms with Gasteiger partial charge in [0.25, 0.3) is 6.33 Å². The third-order valence-electron chi connectivity index (χ3n) is 20.8. The number of pyridine rings is 1. The summed E-state index contributed by atoms with van der Waals surface area (Å²) in [5, 5.41) is 5.89. The van der Waals surface area contributed by atoms with E-state index in [-0.39, 0.29) is 27.1 Å². The molecule has 4 aliphatic heterocycles. The highest BCUT2D eigenvalue weighted by molar-refractivity contribution is 6.92. The summed E-state index contributed by atoms with van der Waals surface area (Å²) in [5.41, 5.74) is 19.7. The molecule has 10 aromatic rings. The number of nitrogens with zero attached hydrogens (tertiary/aromatic N) is 4. The maximum atomic E-state index is 6.95. The topological polar surface area (TPSA) is 35.9 Å². The second kappa shape index (κ2) is 17.8. The van der Waals surface area contributed by atoms with E-state index in [0.717, 1.165) is 50.5 Å².